The lowest BCUT2D eigenvalue weighted by atomic mass is 10.2. The van der Waals surface area contributed by atoms with Gasteiger partial charge in [0.2, 0.25) is 0 Å². The van der Waals surface area contributed by atoms with Crippen molar-refractivity contribution in [3.63, 3.8) is 0 Å². The molecule has 1 aliphatic heterocycles. The zero-order valence-electron chi connectivity index (χ0n) is 11.3. The summed E-state index contributed by atoms with van der Waals surface area (Å²) in [6, 6.07) is 2.19. The number of rotatable bonds is 3. The van der Waals surface area contributed by atoms with E-state index in [1.165, 1.54) is 10.4 Å². The number of nitrogens with zero attached hydrogens (tertiary/aromatic N) is 2. The molecule has 0 unspecified atom stereocenters. The molecule has 2 aromatic heterocycles. The molecule has 0 spiro atoms. The second-order valence-corrected chi connectivity index (χ2v) is 6.07. The predicted molar refractivity (Wildman–Crippen MR) is 76.4 cm³/mol. The minimum atomic E-state index is 0.0720. The molecule has 19 heavy (non-hydrogen) atoms. The summed E-state index contributed by atoms with van der Waals surface area (Å²) >= 11 is 1.84. The topological polar surface area (TPSA) is 41.2 Å². The van der Waals surface area contributed by atoms with Crippen LogP contribution in [0.4, 0.5) is 0 Å². The van der Waals surface area contributed by atoms with Crippen molar-refractivity contribution >= 4 is 11.3 Å². The molecule has 0 radical (unpaired) electrons. The Morgan fingerprint density at radius 3 is 3.11 bits per heavy atom. The van der Waals surface area contributed by atoms with E-state index < -0.39 is 0 Å². The zero-order valence-corrected chi connectivity index (χ0v) is 12.2. The fourth-order valence-corrected chi connectivity index (χ4v) is 3.32. The van der Waals surface area contributed by atoms with Gasteiger partial charge in [0.1, 0.15) is 11.9 Å². The third-order valence-corrected chi connectivity index (χ3v) is 4.52. The average Bonchev–Trinajstić information content (AvgIpc) is 3.00. The summed E-state index contributed by atoms with van der Waals surface area (Å²) in [6.45, 7) is 7.89. The number of morpholine rings is 1. The van der Waals surface area contributed by atoms with Gasteiger partial charge in [0.15, 0.2) is 0 Å². The molecule has 0 aliphatic carbocycles. The van der Waals surface area contributed by atoms with E-state index in [0.29, 0.717) is 0 Å². The molecule has 5 heteroatoms. The largest absolute Gasteiger partial charge is 0.368 e. The third kappa shape index (κ3) is 2.88. The Labute approximate surface area is 117 Å². The van der Waals surface area contributed by atoms with Crippen molar-refractivity contribution in [3.05, 3.63) is 39.6 Å². The first kappa shape index (κ1) is 12.8. The van der Waals surface area contributed by atoms with Crippen LogP contribution in [0.15, 0.2) is 17.6 Å². The molecule has 1 saturated heterocycles. The van der Waals surface area contributed by atoms with E-state index >= 15 is 0 Å². The van der Waals surface area contributed by atoms with Crippen molar-refractivity contribution in [2.24, 2.45) is 0 Å². The van der Waals surface area contributed by atoms with Crippen LogP contribution in [0.3, 0.4) is 0 Å². The van der Waals surface area contributed by atoms with Gasteiger partial charge in [-0.25, -0.2) is 4.98 Å². The monoisotopic (exact) mass is 277 g/mol. The molecule has 1 N–H and O–H groups in total. The quantitative estimate of drug-likeness (QED) is 0.937. The van der Waals surface area contributed by atoms with Gasteiger partial charge in [-0.15, -0.1) is 11.3 Å². The van der Waals surface area contributed by atoms with Crippen LogP contribution in [0, 0.1) is 13.8 Å². The maximum atomic E-state index is 5.82. The summed E-state index contributed by atoms with van der Waals surface area (Å²) in [5.74, 6) is 0.949. The summed E-state index contributed by atoms with van der Waals surface area (Å²) in [4.78, 5) is 11.6. The van der Waals surface area contributed by atoms with E-state index in [4.69, 9.17) is 4.74 Å². The lowest BCUT2D eigenvalue weighted by Crippen LogP contribution is -2.38. The number of thiophene rings is 1. The summed E-state index contributed by atoms with van der Waals surface area (Å²) in [5.41, 5.74) is 2.48. The van der Waals surface area contributed by atoms with Gasteiger partial charge in [0.05, 0.1) is 6.61 Å². The van der Waals surface area contributed by atoms with E-state index in [2.05, 4.69) is 33.2 Å². The number of imidazole rings is 1. The van der Waals surface area contributed by atoms with Gasteiger partial charge in [0, 0.05) is 36.4 Å². The smallest absolute Gasteiger partial charge is 0.136 e. The first-order valence-corrected chi connectivity index (χ1v) is 7.49. The van der Waals surface area contributed by atoms with Gasteiger partial charge in [-0.3, -0.25) is 4.90 Å². The Morgan fingerprint density at radius 2 is 2.42 bits per heavy atom. The van der Waals surface area contributed by atoms with Gasteiger partial charge in [-0.2, -0.15) is 0 Å². The van der Waals surface area contributed by atoms with E-state index in [-0.39, 0.29) is 6.10 Å². The van der Waals surface area contributed by atoms with Crippen LogP contribution in [-0.4, -0.2) is 34.6 Å². The molecule has 1 fully saturated rings. The van der Waals surface area contributed by atoms with Crippen molar-refractivity contribution < 1.29 is 4.74 Å². The number of H-pyrrole nitrogens is 1. The highest BCUT2D eigenvalue weighted by Gasteiger charge is 2.24. The number of aromatic nitrogens is 2. The SMILES string of the molecule is Cc1cnc([C@@H]2CN(Cc3sccc3C)CCO2)[nH]1. The fourth-order valence-electron chi connectivity index (χ4n) is 2.38. The average molecular weight is 277 g/mol. The molecule has 102 valence electrons. The van der Waals surface area contributed by atoms with Crippen LogP contribution >= 0.6 is 11.3 Å². The Morgan fingerprint density at radius 1 is 1.53 bits per heavy atom. The fraction of sp³-hybridized carbons (Fsp3) is 0.500. The van der Waals surface area contributed by atoms with Crippen molar-refractivity contribution in [2.45, 2.75) is 26.5 Å². The van der Waals surface area contributed by atoms with Crippen LogP contribution in [0.25, 0.3) is 0 Å². The normalized spacial score (nSPS) is 20.8. The highest BCUT2D eigenvalue weighted by Crippen LogP contribution is 2.23. The Balaban J connectivity index is 1.66. The Kier molecular flexibility index (Phi) is 3.68. The summed E-state index contributed by atoms with van der Waals surface area (Å²) < 4.78 is 5.82. The lowest BCUT2D eigenvalue weighted by molar-refractivity contribution is -0.0366. The molecule has 0 amide bonds. The van der Waals surface area contributed by atoms with Crippen LogP contribution in [0.2, 0.25) is 0 Å². The molecule has 0 bridgehead atoms. The molecule has 3 rings (SSSR count). The maximum Gasteiger partial charge on any atom is 0.136 e. The first-order valence-electron chi connectivity index (χ1n) is 6.61. The van der Waals surface area contributed by atoms with E-state index in [1.54, 1.807) is 0 Å². The molecule has 4 nitrogen and oxygen atoms in total. The van der Waals surface area contributed by atoms with Gasteiger partial charge in [0.25, 0.3) is 0 Å². The molecule has 0 saturated carbocycles. The lowest BCUT2D eigenvalue weighted by Gasteiger charge is -2.31. The minimum absolute atomic E-state index is 0.0720. The highest BCUT2D eigenvalue weighted by atomic mass is 32.1. The number of aryl methyl sites for hydroxylation is 2. The van der Waals surface area contributed by atoms with Gasteiger partial charge >= 0.3 is 0 Å². The number of hydrogen-bond donors (Lipinski definition) is 1. The summed E-state index contributed by atoms with van der Waals surface area (Å²) in [6.07, 6.45) is 1.93. The molecule has 0 aromatic carbocycles. The Hall–Kier alpha value is -1.17. The van der Waals surface area contributed by atoms with Crippen molar-refractivity contribution in [3.8, 4) is 0 Å². The van der Waals surface area contributed by atoms with Crippen LogP contribution in [0.1, 0.15) is 28.1 Å². The van der Waals surface area contributed by atoms with Gasteiger partial charge < -0.3 is 9.72 Å². The molecule has 2 aromatic rings. The maximum absolute atomic E-state index is 5.82. The van der Waals surface area contributed by atoms with E-state index in [0.717, 1.165) is 37.8 Å². The standard InChI is InChI=1S/C14H19N3OS/c1-10-3-6-19-13(10)9-17-4-5-18-12(8-17)14-15-7-11(2)16-14/h3,6-7,12H,4-5,8-9H2,1-2H3,(H,15,16)/t12-/m0/s1. The van der Waals surface area contributed by atoms with E-state index in [1.807, 2.05) is 24.5 Å². The molecule has 1 aliphatic rings. The highest BCUT2D eigenvalue weighted by molar-refractivity contribution is 7.10. The minimum Gasteiger partial charge on any atom is -0.368 e. The first-order chi connectivity index (χ1) is 9.22. The number of hydrogen-bond acceptors (Lipinski definition) is 4. The Bertz CT molecular complexity index is 548. The molecular weight excluding hydrogens is 258 g/mol. The molecule has 1 atom stereocenters. The summed E-state index contributed by atoms with van der Waals surface area (Å²) in [7, 11) is 0. The van der Waals surface area contributed by atoms with Crippen molar-refractivity contribution in [1.82, 2.24) is 14.9 Å². The van der Waals surface area contributed by atoms with Gasteiger partial charge in [-0.05, 0) is 30.9 Å². The third-order valence-electron chi connectivity index (χ3n) is 3.51. The molecular formula is C14H19N3OS. The summed E-state index contributed by atoms with van der Waals surface area (Å²) in [5, 5.41) is 2.17. The van der Waals surface area contributed by atoms with Crippen LogP contribution in [0.5, 0.6) is 0 Å². The van der Waals surface area contributed by atoms with E-state index in [9.17, 15) is 0 Å². The van der Waals surface area contributed by atoms with Crippen molar-refractivity contribution in [2.75, 3.05) is 19.7 Å². The van der Waals surface area contributed by atoms with Crippen LogP contribution < -0.4 is 0 Å². The number of aromatic amines is 1. The second kappa shape index (κ2) is 5.45. The van der Waals surface area contributed by atoms with Crippen molar-refractivity contribution in [1.29, 1.82) is 0 Å². The molecule has 3 heterocycles. The number of nitrogens with one attached hydrogen (secondary N) is 1. The van der Waals surface area contributed by atoms with Gasteiger partial charge in [-0.1, -0.05) is 0 Å². The zero-order chi connectivity index (χ0) is 13.2. The second-order valence-electron chi connectivity index (χ2n) is 5.07. The predicted octanol–water partition coefficient (Wildman–Crippen LogP) is 2.66. The number of ether oxygens (including phenoxy) is 1. The van der Waals surface area contributed by atoms with Crippen LogP contribution in [-0.2, 0) is 11.3 Å².